The number of pyridine rings is 1. The fourth-order valence-corrected chi connectivity index (χ4v) is 5.73. The molecule has 2 fully saturated rings. The number of halogens is 1. The van der Waals surface area contributed by atoms with Crippen molar-refractivity contribution in [3.05, 3.63) is 65.3 Å². The lowest BCUT2D eigenvalue weighted by atomic mass is 9.73. The van der Waals surface area contributed by atoms with Gasteiger partial charge in [0, 0.05) is 28.2 Å². The van der Waals surface area contributed by atoms with Crippen LogP contribution in [0.3, 0.4) is 0 Å². The molecule has 1 amide bonds. The third-order valence-corrected chi connectivity index (χ3v) is 9.02. The summed E-state index contributed by atoms with van der Waals surface area (Å²) < 4.78 is 12.6. The van der Waals surface area contributed by atoms with Crippen molar-refractivity contribution in [1.82, 2.24) is 4.98 Å². The van der Waals surface area contributed by atoms with Crippen LogP contribution in [0.4, 0.5) is 5.69 Å². The molecular weight excluding hydrogens is 483 g/mol. The number of carbonyl (C=O) groups is 1. The van der Waals surface area contributed by atoms with Gasteiger partial charge in [-0.05, 0) is 113 Å². The van der Waals surface area contributed by atoms with Crippen LogP contribution in [0.5, 0.6) is 0 Å². The van der Waals surface area contributed by atoms with E-state index in [1.54, 1.807) is 12.1 Å². The SMILES string of the molecule is CC(C(=O)Nc1ccc(Cl)cc1)C1CCC(c2ccnc3ccc(B4OC(C)(C)C(C)(C)O4)cc23)CC1. The summed E-state index contributed by atoms with van der Waals surface area (Å²) in [5, 5.41) is 4.88. The molecule has 1 N–H and O–H groups in total. The second kappa shape index (κ2) is 10.0. The number of aromatic nitrogens is 1. The average molecular weight is 519 g/mol. The summed E-state index contributed by atoms with van der Waals surface area (Å²) in [6.45, 7) is 10.4. The fourth-order valence-electron chi connectivity index (χ4n) is 5.60. The highest BCUT2D eigenvalue weighted by atomic mass is 35.5. The maximum atomic E-state index is 12.9. The summed E-state index contributed by atoms with van der Waals surface area (Å²) in [4.78, 5) is 17.5. The van der Waals surface area contributed by atoms with E-state index >= 15 is 0 Å². The Morgan fingerprint density at radius 3 is 2.30 bits per heavy atom. The van der Waals surface area contributed by atoms with Gasteiger partial charge in [-0.2, -0.15) is 0 Å². The Kier molecular flexibility index (Phi) is 7.12. The van der Waals surface area contributed by atoms with Gasteiger partial charge in [0.25, 0.3) is 0 Å². The standard InChI is InChI=1S/C30H36BClN2O3/c1-19(28(35)34-24-13-11-23(32)12-14-24)20-6-8-21(9-7-20)25-16-17-33-27-15-10-22(18-26(25)27)31-36-29(2,3)30(4,5)37-31/h10-21H,6-9H2,1-5H3,(H,34,35). The molecular formula is C30H36BClN2O3. The Labute approximate surface area is 225 Å². The molecule has 2 aromatic carbocycles. The zero-order valence-corrected chi connectivity index (χ0v) is 23.1. The highest BCUT2D eigenvalue weighted by Gasteiger charge is 2.51. The predicted octanol–water partition coefficient (Wildman–Crippen LogP) is 6.74. The maximum Gasteiger partial charge on any atom is 0.494 e. The summed E-state index contributed by atoms with van der Waals surface area (Å²) in [5.41, 5.74) is 3.40. The molecule has 0 radical (unpaired) electrons. The van der Waals surface area contributed by atoms with E-state index in [1.807, 2.05) is 18.3 Å². The van der Waals surface area contributed by atoms with Crippen molar-refractivity contribution in [2.75, 3.05) is 5.32 Å². The van der Waals surface area contributed by atoms with Crippen molar-refractivity contribution in [3.8, 4) is 0 Å². The normalized spacial score (nSPS) is 23.7. The molecule has 0 spiro atoms. The van der Waals surface area contributed by atoms with Crippen molar-refractivity contribution in [2.24, 2.45) is 11.8 Å². The van der Waals surface area contributed by atoms with Gasteiger partial charge >= 0.3 is 7.12 Å². The lowest BCUT2D eigenvalue weighted by Gasteiger charge is -2.32. The van der Waals surface area contributed by atoms with Gasteiger partial charge in [0.05, 0.1) is 16.7 Å². The van der Waals surface area contributed by atoms with Crippen LogP contribution in [-0.4, -0.2) is 29.2 Å². The number of fused-ring (bicyclic) bond motifs is 1. The molecule has 1 saturated heterocycles. The Morgan fingerprint density at radius 1 is 1.00 bits per heavy atom. The van der Waals surface area contributed by atoms with E-state index in [1.165, 1.54) is 10.9 Å². The van der Waals surface area contributed by atoms with Crippen LogP contribution >= 0.6 is 11.6 Å². The molecule has 3 aromatic rings. The first kappa shape index (κ1) is 26.2. The van der Waals surface area contributed by atoms with Gasteiger partial charge in [-0.25, -0.2) is 0 Å². The molecule has 2 aliphatic rings. The quantitative estimate of drug-likeness (QED) is 0.380. The number of benzene rings is 2. The lowest BCUT2D eigenvalue weighted by molar-refractivity contribution is -0.121. The third-order valence-electron chi connectivity index (χ3n) is 8.77. The molecule has 1 saturated carbocycles. The van der Waals surface area contributed by atoms with Gasteiger partial charge in [-0.3, -0.25) is 9.78 Å². The van der Waals surface area contributed by atoms with E-state index in [-0.39, 0.29) is 23.0 Å². The van der Waals surface area contributed by atoms with Crippen molar-refractivity contribution in [1.29, 1.82) is 0 Å². The summed E-state index contributed by atoms with van der Waals surface area (Å²) >= 11 is 5.97. The summed E-state index contributed by atoms with van der Waals surface area (Å²) in [7, 11) is -0.391. The number of carbonyl (C=O) groups excluding carboxylic acids is 1. The van der Waals surface area contributed by atoms with Gasteiger partial charge < -0.3 is 14.6 Å². The number of rotatable bonds is 5. The summed E-state index contributed by atoms with van der Waals surface area (Å²) in [5.74, 6) is 0.853. The molecule has 1 aliphatic heterocycles. The maximum absolute atomic E-state index is 12.9. The van der Waals surface area contributed by atoms with Crippen LogP contribution in [0.1, 0.15) is 71.8 Å². The minimum atomic E-state index is -0.391. The van der Waals surface area contributed by atoms with E-state index in [0.717, 1.165) is 42.4 Å². The molecule has 37 heavy (non-hydrogen) atoms. The second-order valence-electron chi connectivity index (χ2n) is 11.7. The first-order valence-corrected chi connectivity index (χ1v) is 13.7. The predicted molar refractivity (Wildman–Crippen MR) is 151 cm³/mol. The molecule has 7 heteroatoms. The second-order valence-corrected chi connectivity index (χ2v) is 12.1. The number of amides is 1. The van der Waals surface area contributed by atoms with Crippen LogP contribution in [0.15, 0.2) is 54.7 Å². The zero-order chi connectivity index (χ0) is 26.4. The molecule has 0 bridgehead atoms. The van der Waals surface area contributed by atoms with Crippen molar-refractivity contribution in [2.45, 2.75) is 77.4 Å². The van der Waals surface area contributed by atoms with Gasteiger partial charge in [0.1, 0.15) is 0 Å². The summed E-state index contributed by atoms with van der Waals surface area (Å²) in [6, 6.07) is 15.8. The van der Waals surface area contributed by atoms with Crippen molar-refractivity contribution in [3.63, 3.8) is 0 Å². The van der Waals surface area contributed by atoms with E-state index in [0.29, 0.717) is 16.9 Å². The Hall–Kier alpha value is -2.41. The number of anilines is 1. The average Bonchev–Trinajstić information content (AvgIpc) is 3.11. The van der Waals surface area contributed by atoms with Crippen molar-refractivity contribution < 1.29 is 14.1 Å². The van der Waals surface area contributed by atoms with Crippen LogP contribution in [-0.2, 0) is 14.1 Å². The fraction of sp³-hybridized carbons (Fsp3) is 0.467. The van der Waals surface area contributed by atoms with Crippen molar-refractivity contribution >= 4 is 46.7 Å². The summed E-state index contributed by atoms with van der Waals surface area (Å²) in [6.07, 6.45) is 6.09. The molecule has 1 unspecified atom stereocenters. The van der Waals surface area contributed by atoms with Crippen LogP contribution < -0.4 is 10.8 Å². The largest absolute Gasteiger partial charge is 0.494 e. The van der Waals surface area contributed by atoms with Crippen LogP contribution in [0, 0.1) is 11.8 Å². The number of hydrogen-bond acceptors (Lipinski definition) is 4. The van der Waals surface area contributed by atoms with Crippen LogP contribution in [0.25, 0.3) is 10.9 Å². The van der Waals surface area contributed by atoms with Crippen LogP contribution in [0.2, 0.25) is 5.02 Å². The minimum absolute atomic E-state index is 0.0409. The minimum Gasteiger partial charge on any atom is -0.399 e. The Morgan fingerprint density at radius 2 is 1.65 bits per heavy atom. The number of nitrogens with one attached hydrogen (secondary N) is 1. The zero-order valence-electron chi connectivity index (χ0n) is 22.4. The third kappa shape index (κ3) is 5.29. The molecule has 5 rings (SSSR count). The van der Waals surface area contributed by atoms with E-state index < -0.39 is 7.12 Å². The first-order valence-electron chi connectivity index (χ1n) is 13.3. The molecule has 2 heterocycles. The molecule has 1 aromatic heterocycles. The van der Waals surface area contributed by atoms with Gasteiger partial charge in [-0.15, -0.1) is 0 Å². The Bertz CT molecular complexity index is 1270. The molecule has 5 nitrogen and oxygen atoms in total. The molecule has 1 atom stereocenters. The Balaban J connectivity index is 1.28. The lowest BCUT2D eigenvalue weighted by Crippen LogP contribution is -2.41. The topological polar surface area (TPSA) is 60.5 Å². The highest BCUT2D eigenvalue weighted by molar-refractivity contribution is 6.62. The van der Waals surface area contributed by atoms with Gasteiger partial charge in [0.15, 0.2) is 0 Å². The van der Waals surface area contributed by atoms with Gasteiger partial charge in [-0.1, -0.05) is 30.7 Å². The van der Waals surface area contributed by atoms with E-state index in [9.17, 15) is 4.79 Å². The molecule has 1 aliphatic carbocycles. The highest BCUT2D eigenvalue weighted by Crippen LogP contribution is 2.41. The number of nitrogens with zero attached hydrogens (tertiary/aromatic N) is 1. The smallest absolute Gasteiger partial charge is 0.399 e. The van der Waals surface area contributed by atoms with E-state index in [4.69, 9.17) is 20.9 Å². The number of hydrogen-bond donors (Lipinski definition) is 1. The first-order chi connectivity index (χ1) is 17.5. The monoisotopic (exact) mass is 518 g/mol. The molecule has 194 valence electrons. The van der Waals surface area contributed by atoms with Gasteiger partial charge in [0.2, 0.25) is 5.91 Å². The van der Waals surface area contributed by atoms with E-state index in [2.05, 4.69) is 69.2 Å².